The average molecular weight is 445 g/mol. The van der Waals surface area contributed by atoms with E-state index in [1.54, 1.807) is 18.2 Å². The summed E-state index contributed by atoms with van der Waals surface area (Å²) in [6.45, 7) is 1.83. The van der Waals surface area contributed by atoms with Gasteiger partial charge in [0.1, 0.15) is 5.75 Å². The van der Waals surface area contributed by atoms with Crippen molar-refractivity contribution in [2.75, 3.05) is 11.9 Å². The van der Waals surface area contributed by atoms with Gasteiger partial charge in [0.05, 0.1) is 4.90 Å². The molecule has 0 fully saturated rings. The first-order chi connectivity index (χ1) is 14.3. The Morgan fingerprint density at radius 3 is 2.37 bits per heavy atom. The van der Waals surface area contributed by atoms with E-state index in [0.717, 1.165) is 11.1 Å². The van der Waals surface area contributed by atoms with Gasteiger partial charge in [-0.2, -0.15) is 0 Å². The number of hydrogen-bond acceptors (Lipinski definition) is 4. The fourth-order valence-corrected chi connectivity index (χ4v) is 3.92. The van der Waals surface area contributed by atoms with Crippen molar-refractivity contribution in [2.45, 2.75) is 18.4 Å². The largest absolute Gasteiger partial charge is 0.484 e. The number of carbonyl (C=O) groups excluding carboxylic acids is 1. The number of amides is 1. The normalized spacial score (nSPS) is 11.1. The monoisotopic (exact) mass is 444 g/mol. The lowest BCUT2D eigenvalue weighted by atomic mass is 10.2. The molecule has 0 saturated heterocycles. The van der Waals surface area contributed by atoms with E-state index in [-0.39, 0.29) is 24.0 Å². The summed E-state index contributed by atoms with van der Waals surface area (Å²) in [7, 11) is -3.65. The summed E-state index contributed by atoms with van der Waals surface area (Å²) in [5.74, 6) is 0.0571. The standard InChI is InChI=1S/C22H21ClN2O4S/c1-16-13-18(23)7-12-21(16)25-22(26)15-29-19-8-10-20(11-9-19)30(27,28)24-14-17-5-3-2-4-6-17/h2-13,24H,14-15H2,1H3,(H,25,26). The molecule has 0 bridgehead atoms. The second kappa shape index (κ2) is 9.75. The van der Waals surface area contributed by atoms with Gasteiger partial charge in [-0.1, -0.05) is 41.9 Å². The smallest absolute Gasteiger partial charge is 0.262 e. The Balaban J connectivity index is 1.54. The molecule has 0 aliphatic heterocycles. The third kappa shape index (κ3) is 6.06. The minimum atomic E-state index is -3.65. The molecular weight excluding hydrogens is 424 g/mol. The summed E-state index contributed by atoms with van der Waals surface area (Å²) in [5.41, 5.74) is 2.36. The predicted molar refractivity (Wildman–Crippen MR) is 117 cm³/mol. The van der Waals surface area contributed by atoms with Crippen LogP contribution in [0.4, 0.5) is 5.69 Å². The SMILES string of the molecule is Cc1cc(Cl)ccc1NC(=O)COc1ccc(S(=O)(=O)NCc2ccccc2)cc1. The van der Waals surface area contributed by atoms with Crippen molar-refractivity contribution in [3.63, 3.8) is 0 Å². The molecule has 0 radical (unpaired) electrons. The lowest BCUT2D eigenvalue weighted by Crippen LogP contribution is -2.23. The number of rotatable bonds is 8. The molecule has 0 atom stereocenters. The molecule has 0 saturated carbocycles. The van der Waals surface area contributed by atoms with Crippen molar-refractivity contribution in [3.8, 4) is 5.75 Å². The molecule has 3 aromatic rings. The number of aryl methyl sites for hydroxylation is 1. The zero-order valence-electron chi connectivity index (χ0n) is 16.3. The third-order valence-electron chi connectivity index (χ3n) is 4.28. The minimum Gasteiger partial charge on any atom is -0.484 e. The van der Waals surface area contributed by atoms with E-state index >= 15 is 0 Å². The molecule has 0 heterocycles. The number of sulfonamides is 1. The molecule has 2 N–H and O–H groups in total. The Morgan fingerprint density at radius 1 is 1.00 bits per heavy atom. The van der Waals surface area contributed by atoms with Gasteiger partial charge in [-0.25, -0.2) is 13.1 Å². The van der Waals surface area contributed by atoms with Gasteiger partial charge in [0.25, 0.3) is 5.91 Å². The lowest BCUT2D eigenvalue weighted by Gasteiger charge is -2.11. The second-order valence-corrected chi connectivity index (χ2v) is 8.78. The van der Waals surface area contributed by atoms with E-state index in [1.807, 2.05) is 37.3 Å². The van der Waals surface area contributed by atoms with Gasteiger partial charge in [0, 0.05) is 17.3 Å². The number of hydrogen-bond donors (Lipinski definition) is 2. The van der Waals surface area contributed by atoms with E-state index in [4.69, 9.17) is 16.3 Å². The van der Waals surface area contributed by atoms with Crippen LogP contribution in [0.25, 0.3) is 0 Å². The number of halogens is 1. The highest BCUT2D eigenvalue weighted by molar-refractivity contribution is 7.89. The van der Waals surface area contributed by atoms with Crippen LogP contribution in [-0.4, -0.2) is 20.9 Å². The first-order valence-electron chi connectivity index (χ1n) is 9.16. The van der Waals surface area contributed by atoms with E-state index in [0.29, 0.717) is 16.5 Å². The van der Waals surface area contributed by atoms with Crippen LogP contribution in [0.15, 0.2) is 77.7 Å². The van der Waals surface area contributed by atoms with Crippen LogP contribution in [0, 0.1) is 6.92 Å². The Labute approximate surface area is 180 Å². The van der Waals surface area contributed by atoms with E-state index in [2.05, 4.69) is 10.0 Å². The fourth-order valence-electron chi connectivity index (χ4n) is 2.68. The maximum absolute atomic E-state index is 12.4. The summed E-state index contributed by atoms with van der Waals surface area (Å²) in [5, 5.41) is 3.34. The number of anilines is 1. The van der Waals surface area contributed by atoms with Gasteiger partial charge >= 0.3 is 0 Å². The molecule has 0 aromatic heterocycles. The quantitative estimate of drug-likeness (QED) is 0.546. The summed E-state index contributed by atoms with van der Waals surface area (Å²) < 4.78 is 32.8. The van der Waals surface area contributed by atoms with E-state index in [9.17, 15) is 13.2 Å². The van der Waals surface area contributed by atoms with Crippen LogP contribution in [0.5, 0.6) is 5.75 Å². The Morgan fingerprint density at radius 2 is 1.70 bits per heavy atom. The minimum absolute atomic E-state index is 0.118. The van der Waals surface area contributed by atoms with Gasteiger partial charge in [-0.15, -0.1) is 0 Å². The summed E-state index contributed by atoms with van der Waals surface area (Å²) in [6, 6.07) is 20.3. The molecule has 0 unspecified atom stereocenters. The molecular formula is C22H21ClN2O4S. The topological polar surface area (TPSA) is 84.5 Å². The van der Waals surface area contributed by atoms with Gasteiger partial charge in [0.2, 0.25) is 10.0 Å². The molecule has 3 aromatic carbocycles. The molecule has 3 rings (SSSR count). The maximum Gasteiger partial charge on any atom is 0.262 e. The lowest BCUT2D eigenvalue weighted by molar-refractivity contribution is -0.118. The van der Waals surface area contributed by atoms with Crippen molar-refractivity contribution in [1.82, 2.24) is 4.72 Å². The molecule has 0 aliphatic carbocycles. The van der Waals surface area contributed by atoms with Crippen molar-refractivity contribution in [1.29, 1.82) is 0 Å². The fraction of sp³-hybridized carbons (Fsp3) is 0.136. The average Bonchev–Trinajstić information content (AvgIpc) is 2.74. The predicted octanol–water partition coefficient (Wildman–Crippen LogP) is 4.14. The Kier molecular flexibility index (Phi) is 7.10. The molecule has 1 amide bonds. The first kappa shape index (κ1) is 21.8. The number of ether oxygens (including phenoxy) is 1. The maximum atomic E-state index is 12.4. The van der Waals surface area contributed by atoms with Gasteiger partial charge in [-0.3, -0.25) is 4.79 Å². The zero-order valence-corrected chi connectivity index (χ0v) is 17.8. The van der Waals surface area contributed by atoms with Crippen LogP contribution in [0.1, 0.15) is 11.1 Å². The molecule has 8 heteroatoms. The second-order valence-electron chi connectivity index (χ2n) is 6.58. The van der Waals surface area contributed by atoms with Crippen molar-refractivity contribution >= 4 is 33.2 Å². The molecule has 30 heavy (non-hydrogen) atoms. The van der Waals surface area contributed by atoms with Crippen LogP contribution in [0.2, 0.25) is 5.02 Å². The van der Waals surface area contributed by atoms with Crippen LogP contribution < -0.4 is 14.8 Å². The van der Waals surface area contributed by atoms with Crippen LogP contribution in [-0.2, 0) is 21.4 Å². The van der Waals surface area contributed by atoms with Crippen molar-refractivity contribution in [3.05, 3.63) is 88.9 Å². The van der Waals surface area contributed by atoms with Gasteiger partial charge in [-0.05, 0) is 60.5 Å². The summed E-state index contributed by atoms with van der Waals surface area (Å²) in [4.78, 5) is 12.2. The van der Waals surface area contributed by atoms with E-state index in [1.165, 1.54) is 24.3 Å². The van der Waals surface area contributed by atoms with Gasteiger partial charge in [0.15, 0.2) is 6.61 Å². The molecule has 0 aliphatic rings. The third-order valence-corrected chi connectivity index (χ3v) is 5.93. The highest BCUT2D eigenvalue weighted by atomic mass is 35.5. The molecule has 6 nitrogen and oxygen atoms in total. The van der Waals surface area contributed by atoms with Crippen LogP contribution in [0.3, 0.4) is 0 Å². The zero-order chi connectivity index (χ0) is 21.6. The van der Waals surface area contributed by atoms with Crippen molar-refractivity contribution < 1.29 is 17.9 Å². The first-order valence-corrected chi connectivity index (χ1v) is 11.0. The summed E-state index contributed by atoms with van der Waals surface area (Å²) in [6.07, 6.45) is 0. The van der Waals surface area contributed by atoms with Crippen molar-refractivity contribution in [2.24, 2.45) is 0 Å². The Hall–Kier alpha value is -2.87. The number of benzene rings is 3. The number of carbonyl (C=O) groups is 1. The highest BCUT2D eigenvalue weighted by Gasteiger charge is 2.14. The van der Waals surface area contributed by atoms with Crippen LogP contribution >= 0.6 is 11.6 Å². The number of nitrogens with one attached hydrogen (secondary N) is 2. The Bertz CT molecular complexity index is 1120. The molecule has 0 spiro atoms. The summed E-state index contributed by atoms with van der Waals surface area (Å²) >= 11 is 5.91. The van der Waals surface area contributed by atoms with E-state index < -0.39 is 10.0 Å². The molecule has 156 valence electrons. The van der Waals surface area contributed by atoms with Gasteiger partial charge < -0.3 is 10.1 Å². The highest BCUT2D eigenvalue weighted by Crippen LogP contribution is 2.20.